The third-order valence-electron chi connectivity index (χ3n) is 11.3. The van der Waals surface area contributed by atoms with Crippen molar-refractivity contribution >= 4 is 71.3 Å². The van der Waals surface area contributed by atoms with Crippen molar-refractivity contribution in [3.8, 4) is 33.4 Å². The minimum atomic E-state index is 0.907. The molecule has 11 rings (SSSR count). The number of para-hydroxylation sites is 2. The van der Waals surface area contributed by atoms with Crippen molar-refractivity contribution in [3.05, 3.63) is 212 Å². The molecule has 10 aromatic carbocycles. The van der Waals surface area contributed by atoms with E-state index in [2.05, 4.69) is 205 Å². The van der Waals surface area contributed by atoms with Gasteiger partial charge in [-0.2, -0.15) is 0 Å². The fourth-order valence-corrected chi connectivity index (χ4v) is 8.56. The topological polar surface area (TPSA) is 16.4 Å². The van der Waals surface area contributed by atoms with Gasteiger partial charge in [-0.25, -0.2) is 0 Å². The molecule has 1 aromatic heterocycles. The highest BCUT2D eigenvalue weighted by Crippen LogP contribution is 2.41. The molecule has 56 heavy (non-hydrogen) atoms. The van der Waals surface area contributed by atoms with E-state index in [0.717, 1.165) is 50.1 Å². The number of nitrogens with zero attached hydrogens (tertiary/aromatic N) is 1. The van der Waals surface area contributed by atoms with Crippen molar-refractivity contribution in [3.63, 3.8) is 0 Å². The Balaban J connectivity index is 1.02. The molecule has 2 heteroatoms. The summed E-state index contributed by atoms with van der Waals surface area (Å²) in [7, 11) is 0. The molecule has 2 nitrogen and oxygen atoms in total. The Morgan fingerprint density at radius 2 is 0.750 bits per heavy atom. The van der Waals surface area contributed by atoms with Crippen LogP contribution in [0.1, 0.15) is 0 Å². The third-order valence-corrected chi connectivity index (χ3v) is 11.3. The molecule has 0 aliphatic heterocycles. The highest BCUT2D eigenvalue weighted by molar-refractivity contribution is 6.14. The number of rotatable bonds is 6. The van der Waals surface area contributed by atoms with Gasteiger partial charge in [0.1, 0.15) is 11.2 Å². The van der Waals surface area contributed by atoms with E-state index in [1.807, 2.05) is 12.1 Å². The molecule has 0 fully saturated rings. The summed E-state index contributed by atoms with van der Waals surface area (Å²) < 4.78 is 6.42. The quantitative estimate of drug-likeness (QED) is 0.160. The van der Waals surface area contributed by atoms with Crippen LogP contribution < -0.4 is 4.90 Å². The fraction of sp³-hybridized carbons (Fsp3) is 0. The number of furan rings is 1. The molecule has 0 saturated carbocycles. The summed E-state index contributed by atoms with van der Waals surface area (Å²) in [5, 5.41) is 9.83. The molecular formula is C54H35NO. The lowest BCUT2D eigenvalue weighted by Crippen LogP contribution is -2.09. The SMILES string of the molecule is c1ccc2c(-c3ccc(N(c4ccc(-c5cc6ccccc6c6ccccc56)cc4)c4ccc(-c5cccc6c5oc5ccccc56)cc4)cc3)cccc2c1. The minimum Gasteiger partial charge on any atom is -0.455 e. The number of fused-ring (bicyclic) bond motifs is 7. The van der Waals surface area contributed by atoms with Crippen molar-refractivity contribution in [2.45, 2.75) is 0 Å². The normalized spacial score (nSPS) is 11.6. The predicted molar refractivity (Wildman–Crippen MR) is 237 cm³/mol. The van der Waals surface area contributed by atoms with E-state index in [1.165, 1.54) is 54.6 Å². The lowest BCUT2D eigenvalue weighted by molar-refractivity contribution is 0.670. The predicted octanol–water partition coefficient (Wildman–Crippen LogP) is 15.5. The van der Waals surface area contributed by atoms with E-state index >= 15 is 0 Å². The second-order valence-electron chi connectivity index (χ2n) is 14.5. The Morgan fingerprint density at radius 3 is 1.45 bits per heavy atom. The molecule has 11 aromatic rings. The fourth-order valence-electron chi connectivity index (χ4n) is 8.56. The van der Waals surface area contributed by atoms with Crippen molar-refractivity contribution in [2.24, 2.45) is 0 Å². The first-order chi connectivity index (χ1) is 27.8. The Kier molecular flexibility index (Phi) is 7.53. The molecule has 1 heterocycles. The summed E-state index contributed by atoms with van der Waals surface area (Å²) in [6.45, 7) is 0. The van der Waals surface area contributed by atoms with Crippen LogP contribution in [0.3, 0.4) is 0 Å². The highest BCUT2D eigenvalue weighted by Gasteiger charge is 2.17. The molecule has 0 spiro atoms. The van der Waals surface area contributed by atoms with Gasteiger partial charge in [0.05, 0.1) is 0 Å². The van der Waals surface area contributed by atoms with Gasteiger partial charge in [0.2, 0.25) is 0 Å². The largest absolute Gasteiger partial charge is 0.455 e. The van der Waals surface area contributed by atoms with Gasteiger partial charge >= 0.3 is 0 Å². The second kappa shape index (κ2) is 13.2. The molecule has 0 saturated heterocycles. The van der Waals surface area contributed by atoms with Gasteiger partial charge in [-0.3, -0.25) is 0 Å². The maximum atomic E-state index is 6.42. The van der Waals surface area contributed by atoms with Gasteiger partial charge in [0, 0.05) is 33.4 Å². The zero-order valence-electron chi connectivity index (χ0n) is 30.6. The van der Waals surface area contributed by atoms with E-state index in [-0.39, 0.29) is 0 Å². The number of benzene rings is 10. The maximum absolute atomic E-state index is 6.42. The first-order valence-electron chi connectivity index (χ1n) is 19.2. The van der Waals surface area contributed by atoms with Crippen LogP contribution in [-0.2, 0) is 0 Å². The third kappa shape index (κ3) is 5.34. The van der Waals surface area contributed by atoms with Crippen LogP contribution in [0.25, 0.3) is 87.6 Å². The van der Waals surface area contributed by atoms with Gasteiger partial charge in [-0.15, -0.1) is 0 Å². The first kappa shape index (κ1) is 32.0. The van der Waals surface area contributed by atoms with Crippen LogP contribution in [0, 0.1) is 0 Å². The monoisotopic (exact) mass is 713 g/mol. The van der Waals surface area contributed by atoms with Gasteiger partial charge in [-0.1, -0.05) is 164 Å². The zero-order valence-corrected chi connectivity index (χ0v) is 30.6. The van der Waals surface area contributed by atoms with Gasteiger partial charge in [0.15, 0.2) is 0 Å². The molecule has 0 aliphatic rings. The Morgan fingerprint density at radius 1 is 0.286 bits per heavy atom. The number of hydrogen-bond donors (Lipinski definition) is 0. The summed E-state index contributed by atoms with van der Waals surface area (Å²) in [6, 6.07) is 76.4. The summed E-state index contributed by atoms with van der Waals surface area (Å²) in [5.41, 5.74) is 12.1. The van der Waals surface area contributed by atoms with Gasteiger partial charge in [0.25, 0.3) is 0 Å². The average Bonchev–Trinajstić information content (AvgIpc) is 3.66. The lowest BCUT2D eigenvalue weighted by atomic mass is 9.93. The van der Waals surface area contributed by atoms with Crippen molar-refractivity contribution in [1.82, 2.24) is 0 Å². The smallest absolute Gasteiger partial charge is 0.143 e. The second-order valence-corrected chi connectivity index (χ2v) is 14.5. The van der Waals surface area contributed by atoms with Crippen molar-refractivity contribution in [2.75, 3.05) is 4.90 Å². The molecule has 0 radical (unpaired) electrons. The molecule has 0 aliphatic carbocycles. The summed E-state index contributed by atoms with van der Waals surface area (Å²) >= 11 is 0. The molecule has 0 amide bonds. The molecule has 0 N–H and O–H groups in total. The molecule has 0 unspecified atom stereocenters. The molecular weight excluding hydrogens is 679 g/mol. The van der Waals surface area contributed by atoms with Crippen LogP contribution in [-0.4, -0.2) is 0 Å². The summed E-state index contributed by atoms with van der Waals surface area (Å²) in [4.78, 5) is 2.35. The first-order valence-corrected chi connectivity index (χ1v) is 19.2. The summed E-state index contributed by atoms with van der Waals surface area (Å²) in [5.74, 6) is 0. The molecule has 0 atom stereocenters. The Labute approximate surface area is 325 Å². The highest BCUT2D eigenvalue weighted by atomic mass is 16.3. The summed E-state index contributed by atoms with van der Waals surface area (Å²) in [6.07, 6.45) is 0. The van der Waals surface area contributed by atoms with Gasteiger partial charge in [-0.05, 0) is 109 Å². The molecule has 0 bridgehead atoms. The van der Waals surface area contributed by atoms with E-state index in [4.69, 9.17) is 4.42 Å². The van der Waals surface area contributed by atoms with Crippen LogP contribution >= 0.6 is 0 Å². The van der Waals surface area contributed by atoms with Crippen LogP contribution in [0.15, 0.2) is 217 Å². The van der Waals surface area contributed by atoms with Gasteiger partial charge < -0.3 is 9.32 Å². The van der Waals surface area contributed by atoms with Crippen molar-refractivity contribution < 1.29 is 4.42 Å². The van der Waals surface area contributed by atoms with Crippen LogP contribution in [0.4, 0.5) is 17.1 Å². The van der Waals surface area contributed by atoms with E-state index in [9.17, 15) is 0 Å². The lowest BCUT2D eigenvalue weighted by Gasteiger charge is -2.26. The number of hydrogen-bond acceptors (Lipinski definition) is 2. The standard InChI is InChI=1S/C54H35NO/c1-3-14-44-36(11-1)13-9-19-45(44)37-23-29-41(30-24-37)55(42-31-25-38(26-32-42)47-20-10-21-51-50-18-7-8-22-53(50)56-54(47)51)43-33-27-39(28-34-43)52-35-40-12-2-4-15-46(40)48-16-5-6-17-49(48)52/h1-35H. The minimum absolute atomic E-state index is 0.907. The zero-order chi connectivity index (χ0) is 37.0. The van der Waals surface area contributed by atoms with E-state index in [0.29, 0.717) is 0 Å². The Bertz CT molecular complexity index is 3220. The van der Waals surface area contributed by atoms with Crippen LogP contribution in [0.2, 0.25) is 0 Å². The maximum Gasteiger partial charge on any atom is 0.143 e. The van der Waals surface area contributed by atoms with Crippen molar-refractivity contribution in [1.29, 1.82) is 0 Å². The van der Waals surface area contributed by atoms with E-state index in [1.54, 1.807) is 0 Å². The average molecular weight is 714 g/mol. The molecule has 262 valence electrons. The van der Waals surface area contributed by atoms with Crippen LogP contribution in [0.5, 0.6) is 0 Å². The van der Waals surface area contributed by atoms with E-state index < -0.39 is 0 Å². The Hall–Kier alpha value is -7.42. The number of anilines is 3.